The highest BCUT2D eigenvalue weighted by Crippen LogP contribution is 2.41. The molecule has 10 heteroatoms. The van der Waals surface area contributed by atoms with Gasteiger partial charge in [0.2, 0.25) is 0 Å². The second-order valence-electron chi connectivity index (χ2n) is 14.3. The van der Waals surface area contributed by atoms with Gasteiger partial charge in [0.05, 0.1) is 38.6 Å². The van der Waals surface area contributed by atoms with Crippen LogP contribution in [0.1, 0.15) is 80.5 Å². The van der Waals surface area contributed by atoms with Crippen LogP contribution in [0.15, 0.2) is 122 Å². The van der Waals surface area contributed by atoms with Crippen molar-refractivity contribution in [3.63, 3.8) is 0 Å². The molecule has 2 atom stereocenters. The van der Waals surface area contributed by atoms with Gasteiger partial charge in [0.1, 0.15) is 23.1 Å². The first kappa shape index (κ1) is 39.8. The van der Waals surface area contributed by atoms with Crippen molar-refractivity contribution in [2.45, 2.75) is 50.4 Å². The zero-order valence-electron chi connectivity index (χ0n) is 32.5. The first-order valence-corrected chi connectivity index (χ1v) is 19.4. The van der Waals surface area contributed by atoms with E-state index in [-0.39, 0.29) is 23.6 Å². The maximum Gasteiger partial charge on any atom is 0.338 e. The molecule has 2 aliphatic rings. The fraction of sp³-hybridized carbons (Fsp3) is 0.250. The number of ether oxygens (including phenoxy) is 4. The number of methoxy groups -OCH3 is 2. The van der Waals surface area contributed by atoms with Gasteiger partial charge in [0.25, 0.3) is 0 Å². The largest absolute Gasteiger partial charge is 0.493 e. The number of rotatable bonds is 10. The van der Waals surface area contributed by atoms with E-state index in [2.05, 4.69) is 9.97 Å². The average Bonchev–Trinajstić information content (AvgIpc) is 3.27. The van der Waals surface area contributed by atoms with Crippen LogP contribution in [0.5, 0.6) is 11.5 Å². The number of fused-ring (bicyclic) bond motifs is 2. The lowest BCUT2D eigenvalue weighted by molar-refractivity contribution is 0.0590. The molecule has 0 aliphatic carbocycles. The van der Waals surface area contributed by atoms with E-state index in [1.807, 2.05) is 48.5 Å². The molecule has 0 amide bonds. The van der Waals surface area contributed by atoms with E-state index in [0.29, 0.717) is 47.3 Å². The molecule has 6 aromatic rings. The van der Waals surface area contributed by atoms with Gasteiger partial charge in [-0.15, -0.1) is 0 Å². The number of carbonyl (C=O) groups is 2. The Kier molecular flexibility index (Phi) is 12.8. The van der Waals surface area contributed by atoms with Gasteiger partial charge in [0.15, 0.2) is 0 Å². The van der Waals surface area contributed by atoms with E-state index in [1.165, 1.54) is 26.4 Å². The third-order valence-corrected chi connectivity index (χ3v) is 10.9. The Hall–Kier alpha value is -6.42. The molecule has 0 bridgehead atoms. The highest BCUT2D eigenvalue weighted by molar-refractivity contribution is 5.91. The summed E-state index contributed by atoms with van der Waals surface area (Å²) in [6, 6.07) is 28.7. The normalized spacial score (nSPS) is 15.3. The predicted molar refractivity (Wildman–Crippen MR) is 217 cm³/mol. The van der Waals surface area contributed by atoms with E-state index >= 15 is 0 Å². The minimum Gasteiger partial charge on any atom is -0.493 e. The van der Waals surface area contributed by atoms with Crippen LogP contribution in [0.25, 0.3) is 22.3 Å². The van der Waals surface area contributed by atoms with Crippen molar-refractivity contribution >= 4 is 11.9 Å². The molecule has 0 N–H and O–H groups in total. The summed E-state index contributed by atoms with van der Waals surface area (Å²) < 4.78 is 49.8. The summed E-state index contributed by atoms with van der Waals surface area (Å²) >= 11 is 0. The molecule has 0 fully saturated rings. The number of esters is 2. The van der Waals surface area contributed by atoms with Gasteiger partial charge in [0, 0.05) is 35.9 Å². The Morgan fingerprint density at radius 1 is 0.621 bits per heavy atom. The van der Waals surface area contributed by atoms with Crippen molar-refractivity contribution in [1.29, 1.82) is 0 Å². The molecule has 0 saturated carbocycles. The van der Waals surface area contributed by atoms with Gasteiger partial charge in [-0.1, -0.05) is 60.7 Å². The fourth-order valence-electron chi connectivity index (χ4n) is 7.78. The molecule has 4 aromatic carbocycles. The molecule has 58 heavy (non-hydrogen) atoms. The van der Waals surface area contributed by atoms with Gasteiger partial charge < -0.3 is 18.9 Å². The lowest BCUT2D eigenvalue weighted by Gasteiger charge is -2.26. The smallest absolute Gasteiger partial charge is 0.338 e. The quantitative estimate of drug-likeness (QED) is 0.127. The molecule has 8 nitrogen and oxygen atoms in total. The first-order chi connectivity index (χ1) is 28.3. The highest BCUT2D eigenvalue weighted by atomic mass is 19.1. The number of nitrogens with zero attached hydrogens (tertiary/aromatic N) is 2. The Bertz CT molecular complexity index is 2230. The monoisotopic (exact) mass is 782 g/mol. The average molecular weight is 783 g/mol. The summed E-state index contributed by atoms with van der Waals surface area (Å²) in [5.74, 6) is 1.05. The van der Waals surface area contributed by atoms with E-state index in [4.69, 9.17) is 18.9 Å². The Balaban J connectivity index is 0.000000177. The maximum absolute atomic E-state index is 14.1. The van der Waals surface area contributed by atoms with Crippen molar-refractivity contribution in [3.05, 3.63) is 167 Å². The van der Waals surface area contributed by atoms with Crippen molar-refractivity contribution in [2.75, 3.05) is 27.4 Å². The zero-order valence-corrected chi connectivity index (χ0v) is 32.5. The molecule has 8 rings (SSSR count). The molecular formula is C48H44F2N2O6. The number of hydrogen-bond acceptors (Lipinski definition) is 8. The third kappa shape index (κ3) is 9.07. The first-order valence-electron chi connectivity index (χ1n) is 19.4. The maximum atomic E-state index is 14.1. The highest BCUT2D eigenvalue weighted by Gasteiger charge is 2.25. The van der Waals surface area contributed by atoms with Crippen LogP contribution in [0.4, 0.5) is 8.78 Å². The molecule has 296 valence electrons. The molecule has 0 radical (unpaired) electrons. The Labute approximate surface area is 336 Å². The van der Waals surface area contributed by atoms with Gasteiger partial charge >= 0.3 is 11.9 Å². The van der Waals surface area contributed by atoms with E-state index in [9.17, 15) is 18.4 Å². The topological polar surface area (TPSA) is 96.8 Å². The van der Waals surface area contributed by atoms with Crippen molar-refractivity contribution in [1.82, 2.24) is 9.97 Å². The molecular weight excluding hydrogens is 739 g/mol. The zero-order chi connectivity index (χ0) is 40.4. The van der Waals surface area contributed by atoms with Crippen molar-refractivity contribution in [3.8, 4) is 33.8 Å². The standard InChI is InChI=1S/2C24H22FNO3/c2*1-28-24(27)21-10-12-26-15-18(21)7-6-16-11-13-29-23-14-17(8-9-20(16)23)19-4-2-3-5-22(19)25/h2*2-5,8-10,12,14-16H,6-7,11,13H2,1H3/t2*16-/m10/s1. The second kappa shape index (κ2) is 18.7. The van der Waals surface area contributed by atoms with E-state index in [1.54, 1.807) is 61.2 Å². The van der Waals surface area contributed by atoms with Crippen molar-refractivity contribution in [2.24, 2.45) is 0 Å². The molecule has 2 aliphatic heterocycles. The summed E-state index contributed by atoms with van der Waals surface area (Å²) in [7, 11) is 2.77. The van der Waals surface area contributed by atoms with Crippen LogP contribution in [-0.4, -0.2) is 49.3 Å². The lowest BCUT2D eigenvalue weighted by Crippen LogP contribution is -2.15. The summed E-state index contributed by atoms with van der Waals surface area (Å²) in [6.07, 6.45) is 11.6. The van der Waals surface area contributed by atoms with Crippen LogP contribution >= 0.6 is 0 Å². The molecule has 2 aromatic heterocycles. The van der Waals surface area contributed by atoms with Gasteiger partial charge in [-0.05, 0) is 120 Å². The van der Waals surface area contributed by atoms with Gasteiger partial charge in [-0.3, -0.25) is 9.97 Å². The van der Waals surface area contributed by atoms with Gasteiger partial charge in [-0.2, -0.15) is 0 Å². The number of carbonyl (C=O) groups excluding carboxylic acids is 2. The predicted octanol–water partition coefficient (Wildman–Crippen LogP) is 10.3. The fourth-order valence-corrected chi connectivity index (χ4v) is 7.78. The number of halogens is 2. The SMILES string of the molecule is COC(=O)c1ccncc1CC[C@@H]1CCOc2cc(-c3ccccc3F)ccc21.COC(=O)c1ccncc1CC[C@H]1CCOc2cc(-c3ccccc3F)ccc21. The van der Waals surface area contributed by atoms with Crippen LogP contribution < -0.4 is 9.47 Å². The summed E-state index contributed by atoms with van der Waals surface area (Å²) in [5, 5.41) is 0. The molecule has 0 spiro atoms. The summed E-state index contributed by atoms with van der Waals surface area (Å²) in [5.41, 5.74) is 7.89. The second-order valence-corrected chi connectivity index (χ2v) is 14.3. The Morgan fingerprint density at radius 2 is 1.05 bits per heavy atom. The summed E-state index contributed by atoms with van der Waals surface area (Å²) in [6.45, 7) is 1.24. The summed E-state index contributed by atoms with van der Waals surface area (Å²) in [4.78, 5) is 32.3. The lowest BCUT2D eigenvalue weighted by atomic mass is 9.86. The number of hydrogen-bond donors (Lipinski definition) is 0. The minimum atomic E-state index is -0.343. The van der Waals surface area contributed by atoms with Crippen LogP contribution in [0, 0.1) is 11.6 Å². The van der Waals surface area contributed by atoms with Gasteiger partial charge in [-0.25, -0.2) is 18.4 Å². The van der Waals surface area contributed by atoms with E-state index < -0.39 is 0 Å². The molecule has 0 unspecified atom stereocenters. The minimum absolute atomic E-state index is 0.244. The van der Waals surface area contributed by atoms with E-state index in [0.717, 1.165) is 83.4 Å². The van der Waals surface area contributed by atoms with Crippen LogP contribution in [-0.2, 0) is 22.3 Å². The molecule has 0 saturated heterocycles. The number of aromatic nitrogens is 2. The number of aryl methyl sites for hydroxylation is 2. The number of benzene rings is 4. The third-order valence-electron chi connectivity index (χ3n) is 10.9. The molecule has 4 heterocycles. The van der Waals surface area contributed by atoms with Crippen molar-refractivity contribution < 1.29 is 37.3 Å². The number of pyridine rings is 2. The van der Waals surface area contributed by atoms with Crippen LogP contribution in [0.3, 0.4) is 0 Å². The Morgan fingerprint density at radius 3 is 1.47 bits per heavy atom. The van der Waals surface area contributed by atoms with Crippen LogP contribution in [0.2, 0.25) is 0 Å².